The summed E-state index contributed by atoms with van der Waals surface area (Å²) >= 11 is 0. The van der Waals surface area contributed by atoms with Gasteiger partial charge in [-0.05, 0) is 250 Å². The third kappa shape index (κ3) is 43.3. The van der Waals surface area contributed by atoms with Crippen LogP contribution in [0.15, 0.2) is 298 Å². The van der Waals surface area contributed by atoms with Crippen molar-refractivity contribution in [2.24, 2.45) is 58.2 Å². The number of fused-ring (bicyclic) bond motifs is 3. The Bertz CT molecular complexity index is 4690. The van der Waals surface area contributed by atoms with E-state index in [4.69, 9.17) is 0 Å². The van der Waals surface area contributed by atoms with Gasteiger partial charge in [-0.25, -0.2) is 0 Å². The summed E-state index contributed by atoms with van der Waals surface area (Å²) in [6.45, 7) is 47.6. The zero-order valence-corrected chi connectivity index (χ0v) is 78.1. The van der Waals surface area contributed by atoms with Crippen molar-refractivity contribution < 1.29 is 0 Å². The molecule has 2 heterocycles. The van der Waals surface area contributed by atoms with Gasteiger partial charge in [0.25, 0.3) is 0 Å². The third-order valence-electron chi connectivity index (χ3n) is 21.4. The number of aromatic nitrogens is 2. The second kappa shape index (κ2) is 55.6. The molecule has 0 amide bonds. The van der Waals surface area contributed by atoms with Crippen molar-refractivity contribution in [3.05, 3.63) is 348 Å². The molecule has 1 fully saturated rings. The van der Waals surface area contributed by atoms with Gasteiger partial charge >= 0.3 is 0 Å². The minimum absolute atomic E-state index is 0. The van der Waals surface area contributed by atoms with Gasteiger partial charge < -0.3 is 9.97 Å². The summed E-state index contributed by atoms with van der Waals surface area (Å²) in [5, 5.41) is 6.82. The Kier molecular flexibility index (Phi) is 47.0. The van der Waals surface area contributed by atoms with Crippen LogP contribution in [-0.4, -0.2) is 9.97 Å². The molecule has 0 spiro atoms. The Morgan fingerprint density at radius 1 is 0.308 bits per heavy atom. The number of aryl methyl sites for hydroxylation is 5. The fourth-order valence-electron chi connectivity index (χ4n) is 14.9. The topological polar surface area (TPSA) is 31.6 Å². The maximum absolute atomic E-state index is 3.31. The lowest BCUT2D eigenvalue weighted by molar-refractivity contribution is 0.305. The van der Waals surface area contributed by atoms with Crippen LogP contribution in [0.25, 0.3) is 54.7 Å². The van der Waals surface area contributed by atoms with Crippen molar-refractivity contribution >= 4 is 32.4 Å². The van der Waals surface area contributed by atoms with E-state index in [9.17, 15) is 0 Å². The van der Waals surface area contributed by atoms with E-state index in [1.807, 2.05) is 12.3 Å². The molecular formula is C118H162N2. The molecule has 120 heavy (non-hydrogen) atoms. The maximum Gasteiger partial charge on any atom is 0.0456 e. The van der Waals surface area contributed by atoms with Crippen LogP contribution in [0.4, 0.5) is 0 Å². The number of aromatic amines is 2. The highest BCUT2D eigenvalue weighted by Crippen LogP contribution is 2.31. The molecule has 2 heteroatoms. The molecule has 0 radical (unpaired) electrons. The average Bonchev–Trinajstić information content (AvgIpc) is 1.72. The fraction of sp³-hybridized carbons (Fsp3) is 0.424. The minimum Gasteiger partial charge on any atom is -0.365 e. The molecule has 2 aromatic heterocycles. The van der Waals surface area contributed by atoms with Gasteiger partial charge in [0.15, 0.2) is 0 Å². The molecule has 1 saturated carbocycles. The minimum atomic E-state index is 0. The van der Waals surface area contributed by atoms with E-state index >= 15 is 0 Å². The van der Waals surface area contributed by atoms with Crippen LogP contribution >= 0.6 is 0 Å². The highest BCUT2D eigenvalue weighted by Gasteiger charge is 2.16. The van der Waals surface area contributed by atoms with Crippen LogP contribution in [0.1, 0.15) is 260 Å². The Morgan fingerprint density at radius 3 is 1.19 bits per heavy atom. The van der Waals surface area contributed by atoms with Crippen LogP contribution in [0.3, 0.4) is 0 Å². The summed E-state index contributed by atoms with van der Waals surface area (Å²) in [5.41, 5.74) is 20.0. The van der Waals surface area contributed by atoms with E-state index in [-0.39, 0.29) is 7.43 Å². The highest BCUT2D eigenvalue weighted by atomic mass is 14.7. The average molecular weight is 1610 g/mol. The predicted molar refractivity (Wildman–Crippen MR) is 537 cm³/mol. The largest absolute Gasteiger partial charge is 0.365 e. The number of para-hydroxylation sites is 1. The zero-order valence-electron chi connectivity index (χ0n) is 78.1. The molecule has 2 N–H and O–H groups in total. The first-order valence-electron chi connectivity index (χ1n) is 45.9. The van der Waals surface area contributed by atoms with Gasteiger partial charge in [-0.15, -0.1) is 0 Å². The summed E-state index contributed by atoms with van der Waals surface area (Å²) in [6, 6.07) is 102. The van der Waals surface area contributed by atoms with Gasteiger partial charge in [0.05, 0.1) is 0 Å². The van der Waals surface area contributed by atoms with Gasteiger partial charge in [-0.1, -0.05) is 450 Å². The van der Waals surface area contributed by atoms with Crippen molar-refractivity contribution in [3.63, 3.8) is 0 Å². The number of rotatable bonds is 22. The Hall–Kier alpha value is -9.24. The van der Waals surface area contributed by atoms with E-state index in [1.54, 1.807) is 0 Å². The molecule has 14 rings (SSSR count). The lowest BCUT2D eigenvalue weighted by atomic mass is 9.84. The quantitative estimate of drug-likeness (QED) is 0.0678. The molecule has 0 bridgehead atoms. The van der Waals surface area contributed by atoms with Crippen molar-refractivity contribution in [1.82, 2.24) is 9.97 Å². The first-order valence-corrected chi connectivity index (χ1v) is 45.9. The zero-order chi connectivity index (χ0) is 86.4. The number of hydrogen-bond acceptors (Lipinski definition) is 0. The van der Waals surface area contributed by atoms with E-state index < -0.39 is 0 Å². The second-order valence-electron chi connectivity index (χ2n) is 39.0. The normalized spacial score (nSPS) is 11.9. The lowest BCUT2D eigenvalue weighted by Crippen LogP contribution is -2.08. The SMILES string of the molecule is C.CC(C)(C)Cc1c[nH]c2ccccc12.CC(C)(C)Cc1ccc[nH]1.CC(C)CC1CCCCC1.CC(C)CCc1ccc(-c2ccccc2)cc1.CC(C)CCc1ccc2ccccc2c1.CC(C)CCc1ccccc1.CC(C)Cc1ccc(-c2ccccc2)cc1.CC(C)Cc1cccc2ccccc12.Cc1ccc(CCC(C)C)cc1. The van der Waals surface area contributed by atoms with Crippen molar-refractivity contribution in [3.8, 4) is 22.3 Å². The lowest BCUT2D eigenvalue weighted by Gasteiger charge is -2.22. The molecule has 0 atom stereocenters. The molecule has 1 aliphatic rings. The van der Waals surface area contributed by atoms with Crippen LogP contribution in [0, 0.1) is 65.1 Å². The standard InChI is InChI=1S/C17H20.C16H18.C15H18.C14H16.C13H17N.C12H18.C11H16.C10H20.C9H15N.CH4/c1-14(2)8-9-15-10-12-17(13-11-15)16-6-4-3-5-7-16;1-13(2)12-14-8-10-16(11-9-14)15-6-4-3-5-7-15;1-12(2)7-8-13-9-10-14-5-3-4-6-15(14)11-13;1-11(2)10-13-8-5-7-12-6-3-4-9-14(12)13;1-13(2,3)8-10-9-14-12-7-5-4-6-11(10)12;1-10(2)4-7-12-8-5-11(3)6-9-12;1-10(2)8-9-11-6-4-3-5-7-11;1-9(2)8-10-6-4-3-5-7-10;1-9(2,3)7-8-5-4-6-10-8;/h3-7,10-14H,8-9H2,1-2H3;3-11,13H,12H2,1-2H3;3-6,9-12H,7-8H2,1-2H3;3-9,11H,10H2,1-2H3;4-7,9,14H,8H2,1-3H3;5-6,8-10H,4,7H2,1-3H3;3-7,10H,8-9H2,1-2H3;9-10H,3-8H2,1-2H3;4-6,10H,7H2,1-3H3;1H4. The summed E-state index contributed by atoms with van der Waals surface area (Å²) in [5.74, 6) is 6.64. The van der Waals surface area contributed by atoms with E-state index in [0.717, 1.165) is 66.6 Å². The Labute approximate surface area is 734 Å². The summed E-state index contributed by atoms with van der Waals surface area (Å²) in [6.07, 6.45) is 27.6. The number of hydrogen-bond donors (Lipinski definition) is 2. The van der Waals surface area contributed by atoms with Gasteiger partial charge in [-0.2, -0.15) is 0 Å². The molecule has 0 saturated heterocycles. The second-order valence-corrected chi connectivity index (χ2v) is 39.0. The number of H-pyrrole nitrogens is 2. The molecule has 13 aromatic rings. The summed E-state index contributed by atoms with van der Waals surface area (Å²) in [4.78, 5) is 6.50. The number of nitrogens with one attached hydrogen (secondary N) is 2. The first kappa shape index (κ1) is 101. The Morgan fingerprint density at radius 2 is 0.717 bits per heavy atom. The highest BCUT2D eigenvalue weighted by molar-refractivity contribution is 5.86. The van der Waals surface area contributed by atoms with Crippen LogP contribution < -0.4 is 0 Å². The van der Waals surface area contributed by atoms with Crippen LogP contribution in [0.5, 0.6) is 0 Å². The summed E-state index contributed by atoms with van der Waals surface area (Å²) < 4.78 is 0. The molecular weight excluding hydrogens is 1450 g/mol. The predicted octanol–water partition coefficient (Wildman–Crippen LogP) is 35.4. The van der Waals surface area contributed by atoms with Crippen molar-refractivity contribution in [1.29, 1.82) is 0 Å². The smallest absolute Gasteiger partial charge is 0.0456 e. The molecule has 0 aliphatic heterocycles. The van der Waals surface area contributed by atoms with E-state index in [1.165, 1.54) is 201 Å². The molecule has 1 aliphatic carbocycles. The Balaban J connectivity index is 0.000000241. The van der Waals surface area contributed by atoms with Crippen LogP contribution in [0.2, 0.25) is 0 Å². The molecule has 2 nitrogen and oxygen atoms in total. The maximum atomic E-state index is 3.31. The monoisotopic (exact) mass is 1610 g/mol. The third-order valence-corrected chi connectivity index (χ3v) is 21.4. The van der Waals surface area contributed by atoms with E-state index in [0.29, 0.717) is 10.8 Å². The van der Waals surface area contributed by atoms with Crippen molar-refractivity contribution in [2.75, 3.05) is 0 Å². The molecule has 11 aromatic carbocycles. The van der Waals surface area contributed by atoms with Gasteiger partial charge in [0, 0.05) is 29.0 Å². The van der Waals surface area contributed by atoms with Crippen molar-refractivity contribution in [2.45, 2.75) is 268 Å². The first-order chi connectivity index (χ1) is 56.9. The molecule has 0 unspecified atom stereocenters. The fourth-order valence-corrected chi connectivity index (χ4v) is 14.9. The van der Waals surface area contributed by atoms with E-state index in [2.05, 4.69) is 441 Å². The van der Waals surface area contributed by atoms with Gasteiger partial charge in [0.1, 0.15) is 0 Å². The van der Waals surface area contributed by atoms with Crippen LogP contribution in [-0.2, 0) is 51.4 Å². The summed E-state index contributed by atoms with van der Waals surface area (Å²) in [7, 11) is 0. The number of benzene rings is 11. The molecule has 644 valence electrons. The van der Waals surface area contributed by atoms with Gasteiger partial charge in [0.2, 0.25) is 0 Å². The van der Waals surface area contributed by atoms with Gasteiger partial charge in [-0.3, -0.25) is 0 Å².